The highest BCUT2D eigenvalue weighted by Crippen LogP contribution is 2.04. The van der Waals surface area contributed by atoms with E-state index in [1.54, 1.807) is 0 Å². The summed E-state index contributed by atoms with van der Waals surface area (Å²) in [6, 6.07) is -0.601. The molecule has 0 saturated carbocycles. The van der Waals surface area contributed by atoms with Gasteiger partial charge < -0.3 is 20.3 Å². The maximum atomic E-state index is 10.9. The maximum Gasteiger partial charge on any atom is 0.320 e. The highest BCUT2D eigenvalue weighted by molar-refractivity contribution is 5.73. The molecule has 0 aromatic rings. The number of nitrogens with one attached hydrogen (secondary N) is 1. The Morgan fingerprint density at radius 1 is 1.44 bits per heavy atom. The Hall–Kier alpha value is -0.650. The first-order valence-corrected chi connectivity index (χ1v) is 5.69. The average molecular weight is 233 g/mol. The molecule has 0 radical (unpaired) electrons. The Kier molecular flexibility index (Phi) is 8.15. The fourth-order valence-electron chi connectivity index (χ4n) is 1.33. The number of carboxylic acids is 1. The summed E-state index contributed by atoms with van der Waals surface area (Å²) >= 11 is 0. The lowest BCUT2D eigenvalue weighted by molar-refractivity contribution is -0.140. The number of carbonyl (C=O) groups is 1. The van der Waals surface area contributed by atoms with Crippen LogP contribution < -0.4 is 5.32 Å². The highest BCUT2D eigenvalue weighted by atomic mass is 16.5. The molecule has 0 aliphatic rings. The van der Waals surface area contributed by atoms with Crippen molar-refractivity contribution in [3.8, 4) is 0 Å². The second-order valence-electron chi connectivity index (χ2n) is 4.24. The smallest absolute Gasteiger partial charge is 0.320 e. The van der Waals surface area contributed by atoms with Crippen molar-refractivity contribution in [2.45, 2.75) is 39.3 Å². The molecule has 0 bridgehead atoms. The molecule has 0 aliphatic heterocycles. The normalized spacial score (nSPS) is 15.1. The van der Waals surface area contributed by atoms with Gasteiger partial charge in [-0.05, 0) is 19.3 Å². The maximum absolute atomic E-state index is 10.9. The Labute approximate surface area is 96.8 Å². The molecule has 0 aromatic heterocycles. The van der Waals surface area contributed by atoms with E-state index >= 15 is 0 Å². The molecular weight excluding hydrogens is 210 g/mol. The molecule has 0 aliphatic carbocycles. The molecular formula is C11H23NO4. The molecule has 0 amide bonds. The number of rotatable bonds is 9. The standard InChI is InChI=1S/C11H23NO4/c1-4-16-7-9(13)6-12-10(11(14)15)5-8(2)3/h8-10,12-13H,4-7H2,1-3H3,(H,14,15). The minimum Gasteiger partial charge on any atom is -0.480 e. The van der Waals surface area contributed by atoms with Crippen LogP contribution in [0.1, 0.15) is 27.2 Å². The minimum absolute atomic E-state index is 0.234. The zero-order valence-corrected chi connectivity index (χ0v) is 10.3. The quantitative estimate of drug-likeness (QED) is 0.539. The van der Waals surface area contributed by atoms with Crippen LogP contribution in [-0.2, 0) is 9.53 Å². The average Bonchev–Trinajstić information content (AvgIpc) is 2.20. The van der Waals surface area contributed by atoms with Crippen molar-refractivity contribution in [2.75, 3.05) is 19.8 Å². The van der Waals surface area contributed by atoms with Crippen molar-refractivity contribution in [1.29, 1.82) is 0 Å². The van der Waals surface area contributed by atoms with Gasteiger partial charge in [-0.15, -0.1) is 0 Å². The molecule has 2 atom stereocenters. The van der Waals surface area contributed by atoms with E-state index < -0.39 is 18.1 Å². The number of ether oxygens (including phenoxy) is 1. The number of aliphatic carboxylic acids is 1. The van der Waals surface area contributed by atoms with Gasteiger partial charge in [-0.3, -0.25) is 4.79 Å². The second kappa shape index (κ2) is 8.50. The monoisotopic (exact) mass is 233 g/mol. The number of hydrogen-bond donors (Lipinski definition) is 3. The zero-order valence-electron chi connectivity index (χ0n) is 10.3. The van der Waals surface area contributed by atoms with Crippen LogP contribution in [0.3, 0.4) is 0 Å². The first-order valence-electron chi connectivity index (χ1n) is 5.69. The molecule has 0 spiro atoms. The molecule has 96 valence electrons. The summed E-state index contributed by atoms with van der Waals surface area (Å²) in [5.74, 6) is -0.574. The van der Waals surface area contributed by atoms with Gasteiger partial charge in [-0.25, -0.2) is 0 Å². The molecule has 0 rings (SSSR count). The minimum atomic E-state index is -0.877. The van der Waals surface area contributed by atoms with Gasteiger partial charge in [0.05, 0.1) is 12.7 Å². The number of aliphatic hydroxyl groups is 1. The van der Waals surface area contributed by atoms with Crippen LogP contribution in [0.2, 0.25) is 0 Å². The zero-order chi connectivity index (χ0) is 12.6. The van der Waals surface area contributed by atoms with Crippen molar-refractivity contribution in [1.82, 2.24) is 5.32 Å². The van der Waals surface area contributed by atoms with Crippen LogP contribution in [0.15, 0.2) is 0 Å². The van der Waals surface area contributed by atoms with Crippen LogP contribution in [-0.4, -0.2) is 48.1 Å². The predicted molar refractivity (Wildman–Crippen MR) is 61.4 cm³/mol. The van der Waals surface area contributed by atoms with Crippen molar-refractivity contribution in [2.24, 2.45) is 5.92 Å². The Bertz CT molecular complexity index is 196. The van der Waals surface area contributed by atoms with Gasteiger partial charge in [0, 0.05) is 13.2 Å². The van der Waals surface area contributed by atoms with Gasteiger partial charge in [0.25, 0.3) is 0 Å². The van der Waals surface area contributed by atoms with Gasteiger partial charge in [-0.2, -0.15) is 0 Å². The van der Waals surface area contributed by atoms with Crippen LogP contribution in [0, 0.1) is 5.92 Å². The van der Waals surface area contributed by atoms with Crippen molar-refractivity contribution < 1.29 is 19.7 Å². The van der Waals surface area contributed by atoms with E-state index in [1.807, 2.05) is 20.8 Å². The van der Waals surface area contributed by atoms with E-state index in [4.69, 9.17) is 9.84 Å². The topological polar surface area (TPSA) is 78.8 Å². The Morgan fingerprint density at radius 3 is 2.50 bits per heavy atom. The summed E-state index contributed by atoms with van der Waals surface area (Å²) in [6.07, 6.45) is -0.106. The fourth-order valence-corrected chi connectivity index (χ4v) is 1.33. The third-order valence-electron chi connectivity index (χ3n) is 2.12. The fraction of sp³-hybridized carbons (Fsp3) is 0.909. The van der Waals surface area contributed by atoms with Crippen LogP contribution >= 0.6 is 0 Å². The van der Waals surface area contributed by atoms with Crippen molar-refractivity contribution >= 4 is 5.97 Å². The molecule has 5 heteroatoms. The molecule has 5 nitrogen and oxygen atoms in total. The lowest BCUT2D eigenvalue weighted by atomic mass is 10.0. The predicted octanol–water partition coefficient (Wildman–Crippen LogP) is 0.473. The van der Waals surface area contributed by atoms with Crippen LogP contribution in [0.25, 0.3) is 0 Å². The Morgan fingerprint density at radius 2 is 2.06 bits per heavy atom. The van der Waals surface area contributed by atoms with Gasteiger partial charge >= 0.3 is 5.97 Å². The molecule has 0 aromatic carbocycles. The summed E-state index contributed by atoms with van der Waals surface area (Å²) in [7, 11) is 0. The van der Waals surface area contributed by atoms with Crippen LogP contribution in [0.5, 0.6) is 0 Å². The van der Waals surface area contributed by atoms with Crippen molar-refractivity contribution in [3.63, 3.8) is 0 Å². The largest absolute Gasteiger partial charge is 0.480 e. The third kappa shape index (κ3) is 7.62. The Balaban J connectivity index is 3.87. The van der Waals surface area contributed by atoms with Gasteiger partial charge in [-0.1, -0.05) is 13.8 Å². The van der Waals surface area contributed by atoms with Gasteiger partial charge in [0.1, 0.15) is 6.04 Å². The molecule has 16 heavy (non-hydrogen) atoms. The highest BCUT2D eigenvalue weighted by Gasteiger charge is 2.19. The second-order valence-corrected chi connectivity index (χ2v) is 4.24. The van der Waals surface area contributed by atoms with E-state index in [1.165, 1.54) is 0 Å². The van der Waals surface area contributed by atoms with E-state index in [2.05, 4.69) is 5.32 Å². The first kappa shape index (κ1) is 15.3. The van der Waals surface area contributed by atoms with E-state index in [-0.39, 0.29) is 13.2 Å². The summed E-state index contributed by atoms with van der Waals surface area (Å²) in [4.78, 5) is 10.9. The summed E-state index contributed by atoms with van der Waals surface area (Å²) in [5, 5.41) is 21.2. The number of hydrogen-bond acceptors (Lipinski definition) is 4. The van der Waals surface area contributed by atoms with Gasteiger partial charge in [0.2, 0.25) is 0 Å². The number of aliphatic hydroxyl groups excluding tert-OH is 1. The molecule has 3 N–H and O–H groups in total. The van der Waals surface area contributed by atoms with Crippen LogP contribution in [0.4, 0.5) is 0 Å². The lowest BCUT2D eigenvalue weighted by Gasteiger charge is -2.18. The summed E-state index contributed by atoms with van der Waals surface area (Å²) in [6.45, 7) is 6.80. The SMILES string of the molecule is CCOCC(O)CNC(CC(C)C)C(=O)O. The first-order chi connectivity index (χ1) is 7.47. The third-order valence-corrected chi connectivity index (χ3v) is 2.12. The van der Waals surface area contributed by atoms with Crippen molar-refractivity contribution in [3.05, 3.63) is 0 Å². The summed E-state index contributed by atoms with van der Waals surface area (Å²) in [5.41, 5.74) is 0. The summed E-state index contributed by atoms with van der Waals surface area (Å²) < 4.78 is 5.03. The van der Waals surface area contributed by atoms with Gasteiger partial charge in [0.15, 0.2) is 0 Å². The lowest BCUT2D eigenvalue weighted by Crippen LogP contribution is -2.42. The molecule has 0 fully saturated rings. The number of carboxylic acid groups (broad SMARTS) is 1. The molecule has 0 saturated heterocycles. The van der Waals surface area contributed by atoms with E-state index in [9.17, 15) is 9.90 Å². The molecule has 2 unspecified atom stereocenters. The van der Waals surface area contributed by atoms with E-state index in [0.717, 1.165) is 0 Å². The van der Waals surface area contributed by atoms with E-state index in [0.29, 0.717) is 18.9 Å². The molecule has 0 heterocycles.